The van der Waals surface area contributed by atoms with Crippen molar-refractivity contribution in [2.24, 2.45) is 0 Å². The Balaban J connectivity index is 2.55. The minimum atomic E-state index is -0.830. The van der Waals surface area contributed by atoms with E-state index in [-0.39, 0.29) is 26.7 Å². The van der Waals surface area contributed by atoms with Crippen molar-refractivity contribution in [2.75, 3.05) is 0 Å². The van der Waals surface area contributed by atoms with Crippen LogP contribution in [0, 0.1) is 0 Å². The van der Waals surface area contributed by atoms with E-state index < -0.39 is 5.97 Å². The van der Waals surface area contributed by atoms with Crippen molar-refractivity contribution in [2.45, 2.75) is 6.42 Å². The minimum absolute atomic E-state index is 0.0399. The quantitative estimate of drug-likeness (QED) is 0.793. The molecule has 72 valence electrons. The van der Waals surface area contributed by atoms with Crippen molar-refractivity contribution in [3.05, 3.63) is 28.7 Å². The first-order valence-electron chi connectivity index (χ1n) is 4.07. The molecule has 0 saturated heterocycles. The average Bonchev–Trinajstić information content (AvgIpc) is 2.47. The van der Waals surface area contributed by atoms with Crippen LogP contribution in [-0.4, -0.2) is 30.7 Å². The fourth-order valence-electron chi connectivity index (χ4n) is 1.37. The van der Waals surface area contributed by atoms with Gasteiger partial charge in [0.15, 0.2) is 0 Å². The number of carboxylic acids is 1. The number of benzene rings is 1. The Labute approximate surface area is 86.4 Å². The number of carbonyl (C=O) groups is 1. The van der Waals surface area contributed by atoms with E-state index >= 15 is 0 Å². The average molecular weight is 255 g/mol. The first-order chi connectivity index (χ1) is 6.66. The number of phenolic OH excluding ortho intramolecular Hbond substituents is 1. The molecule has 14 heavy (non-hydrogen) atoms. The summed E-state index contributed by atoms with van der Waals surface area (Å²) in [7, 11) is 0. The molecule has 2 rings (SSSR count). The summed E-state index contributed by atoms with van der Waals surface area (Å²) in [6, 6.07) is 5.13. The molecule has 4 heteroatoms. The molecule has 0 aliphatic carbocycles. The van der Waals surface area contributed by atoms with Gasteiger partial charge in [0.05, 0.1) is 0 Å². The second-order valence-corrected chi connectivity index (χ2v) is 4.92. The van der Waals surface area contributed by atoms with Crippen LogP contribution in [0.5, 0.6) is 5.75 Å². The van der Waals surface area contributed by atoms with Gasteiger partial charge in [-0.2, -0.15) is 0 Å². The summed E-state index contributed by atoms with van der Waals surface area (Å²) in [5.41, 5.74) is 0.823. The second kappa shape index (κ2) is 3.48. The molecule has 3 nitrogen and oxygen atoms in total. The van der Waals surface area contributed by atoms with E-state index in [0.717, 1.165) is 15.2 Å². The molecular formula is C10H8O3Se. The summed E-state index contributed by atoms with van der Waals surface area (Å²) in [5.74, 6) is -0.638. The second-order valence-electron chi connectivity index (χ2n) is 3.01. The van der Waals surface area contributed by atoms with Gasteiger partial charge in [-0.05, 0) is 0 Å². The molecule has 0 radical (unpaired) electrons. The number of aliphatic carboxylic acids is 1. The van der Waals surface area contributed by atoms with E-state index in [4.69, 9.17) is 5.11 Å². The number of phenols is 1. The molecule has 0 amide bonds. The monoisotopic (exact) mass is 256 g/mol. The molecule has 0 bridgehead atoms. The summed E-state index contributed by atoms with van der Waals surface area (Å²) in [6.07, 6.45) is 0.0399. The van der Waals surface area contributed by atoms with Crippen LogP contribution >= 0.6 is 0 Å². The topological polar surface area (TPSA) is 57.5 Å². The number of aromatic hydroxyl groups is 1. The Kier molecular flexibility index (Phi) is 2.31. The molecule has 1 heterocycles. The Morgan fingerprint density at radius 1 is 1.43 bits per heavy atom. The van der Waals surface area contributed by atoms with Crippen LogP contribution in [0.25, 0.3) is 9.65 Å². The molecule has 1 aromatic heterocycles. The fourth-order valence-corrected chi connectivity index (χ4v) is 3.35. The standard InChI is InChI=1S/C10H8O3Se/c11-7-1-2-9-8(4-7)6(5-14-9)3-10(12)13/h1-2,4-5,11H,3H2,(H,12,13). The van der Waals surface area contributed by atoms with Gasteiger partial charge in [-0.15, -0.1) is 0 Å². The van der Waals surface area contributed by atoms with E-state index in [1.807, 2.05) is 11.0 Å². The zero-order chi connectivity index (χ0) is 10.1. The molecular weight excluding hydrogens is 247 g/mol. The van der Waals surface area contributed by atoms with Gasteiger partial charge in [-0.25, -0.2) is 0 Å². The fraction of sp³-hybridized carbons (Fsp3) is 0.100. The summed E-state index contributed by atoms with van der Waals surface area (Å²) in [5, 5.41) is 18.8. The Morgan fingerprint density at radius 2 is 2.21 bits per heavy atom. The predicted octanol–water partition coefficient (Wildman–Crippen LogP) is 1.23. The molecule has 0 aliphatic rings. The molecule has 0 aliphatic heterocycles. The zero-order valence-electron chi connectivity index (χ0n) is 7.23. The van der Waals surface area contributed by atoms with Gasteiger partial charge < -0.3 is 0 Å². The van der Waals surface area contributed by atoms with Gasteiger partial charge in [0.25, 0.3) is 0 Å². The van der Waals surface area contributed by atoms with Crippen LogP contribution in [0.15, 0.2) is 23.1 Å². The van der Waals surface area contributed by atoms with Crippen LogP contribution in [0.4, 0.5) is 0 Å². The van der Waals surface area contributed by atoms with Crippen LogP contribution < -0.4 is 0 Å². The van der Waals surface area contributed by atoms with E-state index in [0.29, 0.717) is 0 Å². The molecule has 1 aromatic carbocycles. The van der Waals surface area contributed by atoms with E-state index in [1.165, 1.54) is 0 Å². The van der Waals surface area contributed by atoms with Crippen LogP contribution in [0.3, 0.4) is 0 Å². The molecule has 0 saturated carbocycles. The van der Waals surface area contributed by atoms with Gasteiger partial charge in [-0.1, -0.05) is 0 Å². The van der Waals surface area contributed by atoms with Crippen LogP contribution in [0.1, 0.15) is 5.56 Å². The molecule has 0 fully saturated rings. The Morgan fingerprint density at radius 3 is 2.93 bits per heavy atom. The van der Waals surface area contributed by atoms with Gasteiger partial charge in [0, 0.05) is 0 Å². The zero-order valence-corrected chi connectivity index (χ0v) is 8.94. The number of fused-ring (bicyclic) bond motifs is 1. The van der Waals surface area contributed by atoms with Crippen LogP contribution in [-0.2, 0) is 11.2 Å². The maximum absolute atomic E-state index is 10.6. The normalized spacial score (nSPS) is 10.6. The Hall–Kier alpha value is -1.25. The van der Waals surface area contributed by atoms with Gasteiger partial charge >= 0.3 is 86.0 Å². The van der Waals surface area contributed by atoms with Gasteiger partial charge in [0.1, 0.15) is 0 Å². The number of carboxylic acid groups (broad SMARTS) is 1. The first-order valence-corrected chi connectivity index (χ1v) is 5.92. The molecule has 2 aromatic rings. The van der Waals surface area contributed by atoms with Gasteiger partial charge in [-0.3, -0.25) is 0 Å². The molecule has 0 spiro atoms. The number of hydrogen-bond donors (Lipinski definition) is 2. The summed E-state index contributed by atoms with van der Waals surface area (Å²) in [4.78, 5) is 12.5. The third kappa shape index (κ3) is 1.67. The Bertz CT molecular complexity index is 487. The van der Waals surface area contributed by atoms with Crippen molar-refractivity contribution in [3.63, 3.8) is 0 Å². The van der Waals surface area contributed by atoms with E-state index in [2.05, 4.69) is 0 Å². The first kappa shape index (κ1) is 9.31. The summed E-state index contributed by atoms with van der Waals surface area (Å²) >= 11 is 0.216. The van der Waals surface area contributed by atoms with Crippen molar-refractivity contribution < 1.29 is 15.0 Å². The molecule has 0 atom stereocenters. The van der Waals surface area contributed by atoms with Crippen molar-refractivity contribution >= 4 is 30.1 Å². The van der Waals surface area contributed by atoms with Crippen molar-refractivity contribution in [1.82, 2.24) is 0 Å². The number of hydrogen-bond acceptors (Lipinski definition) is 2. The predicted molar refractivity (Wildman–Crippen MR) is 53.9 cm³/mol. The third-order valence-corrected chi connectivity index (χ3v) is 4.10. The third-order valence-electron chi connectivity index (χ3n) is 1.98. The van der Waals surface area contributed by atoms with E-state index in [1.54, 1.807) is 12.1 Å². The summed E-state index contributed by atoms with van der Waals surface area (Å²) < 4.78 is 1.14. The van der Waals surface area contributed by atoms with Crippen molar-refractivity contribution in [3.8, 4) is 5.75 Å². The van der Waals surface area contributed by atoms with E-state index in [9.17, 15) is 9.90 Å². The SMILES string of the molecule is O=C(O)Cc1c[se]c2ccc(O)cc12. The molecule has 2 N–H and O–H groups in total. The van der Waals surface area contributed by atoms with Gasteiger partial charge in [0.2, 0.25) is 0 Å². The maximum atomic E-state index is 10.6. The number of rotatable bonds is 2. The summed E-state index contributed by atoms with van der Waals surface area (Å²) in [6.45, 7) is 0. The van der Waals surface area contributed by atoms with Crippen LogP contribution in [0.2, 0.25) is 0 Å². The van der Waals surface area contributed by atoms with Crippen molar-refractivity contribution in [1.29, 1.82) is 0 Å². The molecule has 0 unspecified atom stereocenters.